The van der Waals surface area contributed by atoms with Gasteiger partial charge in [0, 0.05) is 17.6 Å². The second-order valence-electron chi connectivity index (χ2n) is 4.21. The molecule has 1 aliphatic heterocycles. The third kappa shape index (κ3) is 2.96. The molecule has 1 aromatic carbocycles. The molecule has 0 unspecified atom stereocenters. The predicted molar refractivity (Wildman–Crippen MR) is 76.2 cm³/mol. The van der Waals surface area contributed by atoms with E-state index in [1.165, 1.54) is 0 Å². The molecule has 0 bridgehead atoms. The smallest absolute Gasteiger partial charge is 0.414 e. The summed E-state index contributed by atoms with van der Waals surface area (Å²) in [6.45, 7) is 3.95. The molecule has 0 aromatic heterocycles. The number of fused-ring (bicyclic) bond motifs is 1. The van der Waals surface area contributed by atoms with Crippen molar-refractivity contribution in [1.29, 1.82) is 0 Å². The average molecular weight is 313 g/mol. The Hall–Kier alpha value is -1.23. The number of halogens is 1. The van der Waals surface area contributed by atoms with Crippen molar-refractivity contribution >= 4 is 33.4 Å². The molecular weight excluding hydrogens is 296 g/mol. The molecule has 0 aliphatic carbocycles. The zero-order valence-corrected chi connectivity index (χ0v) is 12.0. The molecule has 1 aromatic rings. The van der Waals surface area contributed by atoms with Crippen LogP contribution in [0.4, 0.5) is 16.2 Å². The van der Waals surface area contributed by atoms with E-state index in [9.17, 15) is 4.79 Å². The fourth-order valence-electron chi connectivity index (χ4n) is 1.88. The zero-order chi connectivity index (χ0) is 13.0. The van der Waals surface area contributed by atoms with E-state index in [4.69, 9.17) is 4.74 Å². The molecule has 0 saturated heterocycles. The summed E-state index contributed by atoms with van der Waals surface area (Å²) >= 11 is 3.42. The molecule has 98 valence electrons. The van der Waals surface area contributed by atoms with E-state index in [1.54, 1.807) is 4.90 Å². The maximum Gasteiger partial charge on any atom is 0.414 e. The van der Waals surface area contributed by atoms with Gasteiger partial charge in [-0.05, 0) is 24.6 Å². The minimum atomic E-state index is -0.256. The second-order valence-corrected chi connectivity index (χ2v) is 5.12. The van der Waals surface area contributed by atoms with Crippen LogP contribution in [0.3, 0.4) is 0 Å². The Morgan fingerprint density at radius 2 is 2.39 bits per heavy atom. The van der Waals surface area contributed by atoms with Crippen LogP contribution in [0, 0.1) is 0 Å². The van der Waals surface area contributed by atoms with Crippen molar-refractivity contribution in [2.24, 2.45) is 0 Å². The van der Waals surface area contributed by atoms with Crippen LogP contribution in [0.15, 0.2) is 22.7 Å². The molecule has 0 radical (unpaired) electrons. The number of unbranched alkanes of at least 4 members (excludes halogenated alkanes) is 1. The second kappa shape index (κ2) is 6.09. The summed E-state index contributed by atoms with van der Waals surface area (Å²) in [5, 5.41) is 3.28. The maximum atomic E-state index is 12.0. The van der Waals surface area contributed by atoms with E-state index in [0.29, 0.717) is 13.2 Å². The Morgan fingerprint density at radius 1 is 1.56 bits per heavy atom. The van der Waals surface area contributed by atoms with E-state index in [1.807, 2.05) is 18.2 Å². The molecule has 18 heavy (non-hydrogen) atoms. The van der Waals surface area contributed by atoms with Crippen molar-refractivity contribution in [2.45, 2.75) is 19.8 Å². The lowest BCUT2D eigenvalue weighted by atomic mass is 10.2. The van der Waals surface area contributed by atoms with Gasteiger partial charge in [-0.3, -0.25) is 4.90 Å². The van der Waals surface area contributed by atoms with Gasteiger partial charge in [0.15, 0.2) is 0 Å². The number of nitrogens with zero attached hydrogens (tertiary/aromatic N) is 1. The molecule has 4 nitrogen and oxygen atoms in total. The Morgan fingerprint density at radius 3 is 3.17 bits per heavy atom. The number of benzene rings is 1. The number of ether oxygens (including phenoxy) is 1. The van der Waals surface area contributed by atoms with Gasteiger partial charge in [0.1, 0.15) is 0 Å². The van der Waals surface area contributed by atoms with Gasteiger partial charge in [-0.2, -0.15) is 0 Å². The lowest BCUT2D eigenvalue weighted by molar-refractivity contribution is 0.152. The number of rotatable bonds is 3. The third-order valence-electron chi connectivity index (χ3n) is 2.84. The van der Waals surface area contributed by atoms with Crippen LogP contribution in [-0.2, 0) is 4.74 Å². The van der Waals surface area contributed by atoms with Gasteiger partial charge in [0.2, 0.25) is 0 Å². The number of hydrogen-bond acceptors (Lipinski definition) is 3. The Labute approximate surface area is 115 Å². The molecule has 0 spiro atoms. The summed E-state index contributed by atoms with van der Waals surface area (Å²) in [7, 11) is 0. The molecule has 5 heteroatoms. The van der Waals surface area contributed by atoms with Crippen molar-refractivity contribution in [3.8, 4) is 0 Å². The van der Waals surface area contributed by atoms with Crippen LogP contribution >= 0.6 is 15.9 Å². The van der Waals surface area contributed by atoms with Crippen molar-refractivity contribution in [3.63, 3.8) is 0 Å². The SMILES string of the molecule is CCCCOC(=O)N1CCNc2cc(Br)ccc21. The molecule has 0 saturated carbocycles. The molecular formula is C13H17BrN2O2. The summed E-state index contributed by atoms with van der Waals surface area (Å²) in [6, 6.07) is 5.83. The van der Waals surface area contributed by atoms with Crippen molar-refractivity contribution in [3.05, 3.63) is 22.7 Å². The van der Waals surface area contributed by atoms with Crippen LogP contribution in [0.1, 0.15) is 19.8 Å². The average Bonchev–Trinajstić information content (AvgIpc) is 2.37. The third-order valence-corrected chi connectivity index (χ3v) is 3.34. The number of amides is 1. The number of hydrogen-bond donors (Lipinski definition) is 1. The fourth-order valence-corrected chi connectivity index (χ4v) is 2.24. The van der Waals surface area contributed by atoms with E-state index in [2.05, 4.69) is 28.2 Å². The van der Waals surface area contributed by atoms with Gasteiger partial charge in [0.25, 0.3) is 0 Å². The zero-order valence-electron chi connectivity index (χ0n) is 10.4. The van der Waals surface area contributed by atoms with Crippen LogP contribution in [0.5, 0.6) is 0 Å². The Balaban J connectivity index is 2.09. The summed E-state index contributed by atoms with van der Waals surface area (Å²) in [5.41, 5.74) is 1.84. The lowest BCUT2D eigenvalue weighted by Gasteiger charge is -2.29. The first kappa shape index (κ1) is 13.2. The van der Waals surface area contributed by atoms with Gasteiger partial charge in [-0.1, -0.05) is 29.3 Å². The monoisotopic (exact) mass is 312 g/mol. The van der Waals surface area contributed by atoms with Crippen LogP contribution in [-0.4, -0.2) is 25.8 Å². The van der Waals surface area contributed by atoms with Gasteiger partial charge in [0.05, 0.1) is 18.0 Å². The normalized spacial score (nSPS) is 13.8. The number of nitrogens with one attached hydrogen (secondary N) is 1. The summed E-state index contributed by atoms with van der Waals surface area (Å²) in [4.78, 5) is 13.7. The first-order valence-electron chi connectivity index (χ1n) is 6.20. The summed E-state index contributed by atoms with van der Waals surface area (Å²) in [5.74, 6) is 0. The van der Waals surface area contributed by atoms with Gasteiger partial charge in [-0.15, -0.1) is 0 Å². The maximum absolute atomic E-state index is 12.0. The molecule has 1 aliphatic rings. The lowest BCUT2D eigenvalue weighted by Crippen LogP contribution is -2.39. The molecule has 1 N–H and O–H groups in total. The minimum Gasteiger partial charge on any atom is -0.449 e. The largest absolute Gasteiger partial charge is 0.449 e. The molecule has 0 atom stereocenters. The molecule has 1 heterocycles. The standard InChI is InChI=1S/C13H17BrN2O2/c1-2-3-8-18-13(17)16-7-6-15-11-9-10(14)4-5-12(11)16/h4-5,9,15H,2-3,6-8H2,1H3. The number of carbonyl (C=O) groups excluding carboxylic acids is 1. The van der Waals surface area contributed by atoms with E-state index in [-0.39, 0.29) is 6.09 Å². The molecule has 1 amide bonds. The highest BCUT2D eigenvalue weighted by Crippen LogP contribution is 2.32. The number of carbonyl (C=O) groups is 1. The van der Waals surface area contributed by atoms with Gasteiger partial charge in [-0.25, -0.2) is 4.79 Å². The fraction of sp³-hybridized carbons (Fsp3) is 0.462. The first-order valence-corrected chi connectivity index (χ1v) is 6.99. The molecule has 2 rings (SSSR count). The highest BCUT2D eigenvalue weighted by molar-refractivity contribution is 9.10. The van der Waals surface area contributed by atoms with E-state index >= 15 is 0 Å². The van der Waals surface area contributed by atoms with Gasteiger partial charge < -0.3 is 10.1 Å². The molecule has 0 fully saturated rings. The van der Waals surface area contributed by atoms with Crippen LogP contribution in [0.25, 0.3) is 0 Å². The summed E-state index contributed by atoms with van der Waals surface area (Å²) < 4.78 is 6.25. The minimum absolute atomic E-state index is 0.256. The van der Waals surface area contributed by atoms with Gasteiger partial charge >= 0.3 is 6.09 Å². The van der Waals surface area contributed by atoms with Crippen LogP contribution in [0.2, 0.25) is 0 Å². The Kier molecular flexibility index (Phi) is 4.47. The topological polar surface area (TPSA) is 41.6 Å². The van der Waals surface area contributed by atoms with E-state index in [0.717, 1.165) is 35.2 Å². The highest BCUT2D eigenvalue weighted by Gasteiger charge is 2.23. The first-order chi connectivity index (χ1) is 8.72. The van der Waals surface area contributed by atoms with Crippen molar-refractivity contribution in [1.82, 2.24) is 0 Å². The highest BCUT2D eigenvalue weighted by atomic mass is 79.9. The van der Waals surface area contributed by atoms with Crippen molar-refractivity contribution < 1.29 is 9.53 Å². The van der Waals surface area contributed by atoms with Crippen LogP contribution < -0.4 is 10.2 Å². The number of anilines is 2. The summed E-state index contributed by atoms with van der Waals surface area (Å²) in [6.07, 6.45) is 1.68. The van der Waals surface area contributed by atoms with E-state index < -0.39 is 0 Å². The van der Waals surface area contributed by atoms with Crippen molar-refractivity contribution in [2.75, 3.05) is 29.9 Å². The Bertz CT molecular complexity index is 437. The quantitative estimate of drug-likeness (QED) is 0.867. The predicted octanol–water partition coefficient (Wildman–Crippen LogP) is 3.62.